The molecule has 1 amide bonds. The fourth-order valence-corrected chi connectivity index (χ4v) is 5.73. The number of carbonyl (C=O) groups is 2. The minimum Gasteiger partial charge on any atom is -0.493 e. The van der Waals surface area contributed by atoms with Crippen LogP contribution in [0.2, 0.25) is 0 Å². The molecule has 0 radical (unpaired) electrons. The zero-order valence-electron chi connectivity index (χ0n) is 25.3. The van der Waals surface area contributed by atoms with Gasteiger partial charge in [0.05, 0.1) is 25.0 Å². The van der Waals surface area contributed by atoms with Crippen LogP contribution in [-0.2, 0) is 27.2 Å². The molecule has 8 nitrogen and oxygen atoms in total. The summed E-state index contributed by atoms with van der Waals surface area (Å²) in [6.07, 6.45) is 1.51. The van der Waals surface area contributed by atoms with E-state index in [4.69, 9.17) is 23.9 Å². The number of hydrogen-bond donors (Lipinski definition) is 1. The summed E-state index contributed by atoms with van der Waals surface area (Å²) in [6.45, 7) is 11.7. The molecule has 3 aromatic carbocycles. The van der Waals surface area contributed by atoms with Crippen molar-refractivity contribution in [3.63, 3.8) is 0 Å². The number of nitrogens with zero attached hydrogens (tertiary/aromatic N) is 1. The van der Waals surface area contributed by atoms with Crippen LogP contribution in [0.15, 0.2) is 53.5 Å². The van der Waals surface area contributed by atoms with Crippen LogP contribution in [-0.4, -0.2) is 49.1 Å². The summed E-state index contributed by atoms with van der Waals surface area (Å²) in [4.78, 5) is 28.9. The molecule has 220 valence electrons. The lowest BCUT2D eigenvalue weighted by Gasteiger charge is -2.31. The van der Waals surface area contributed by atoms with Gasteiger partial charge in [-0.25, -0.2) is 4.79 Å². The molecule has 0 unspecified atom stereocenters. The summed E-state index contributed by atoms with van der Waals surface area (Å²) in [7, 11) is 1.68. The van der Waals surface area contributed by atoms with Gasteiger partial charge in [-0.2, -0.15) is 0 Å². The van der Waals surface area contributed by atoms with Crippen LogP contribution in [0.1, 0.15) is 63.8 Å². The van der Waals surface area contributed by atoms with Crippen LogP contribution in [0.5, 0.6) is 17.2 Å². The zero-order chi connectivity index (χ0) is 30.2. The molecule has 0 atom stereocenters. The summed E-state index contributed by atoms with van der Waals surface area (Å²) < 4.78 is 23.2. The monoisotopic (exact) mass is 570 g/mol. The number of amides is 1. The van der Waals surface area contributed by atoms with Crippen molar-refractivity contribution in [2.24, 2.45) is 4.99 Å². The maximum absolute atomic E-state index is 12.1. The van der Waals surface area contributed by atoms with Crippen molar-refractivity contribution in [3.8, 4) is 28.4 Å². The molecule has 1 N–H and O–H groups in total. The van der Waals surface area contributed by atoms with Gasteiger partial charge in [0.2, 0.25) is 5.91 Å². The summed E-state index contributed by atoms with van der Waals surface area (Å²) in [5.41, 5.74) is 6.81. The van der Waals surface area contributed by atoms with Crippen LogP contribution in [0, 0.1) is 0 Å². The maximum atomic E-state index is 12.1. The smallest absolute Gasteiger partial charge is 0.344 e. The van der Waals surface area contributed by atoms with Gasteiger partial charge in [0.1, 0.15) is 11.4 Å². The Morgan fingerprint density at radius 2 is 1.69 bits per heavy atom. The van der Waals surface area contributed by atoms with Gasteiger partial charge < -0.3 is 24.3 Å². The van der Waals surface area contributed by atoms with Crippen LogP contribution in [0.25, 0.3) is 11.1 Å². The average Bonchev–Trinajstić information content (AvgIpc) is 3.25. The Hall–Kier alpha value is -4.33. The minimum absolute atomic E-state index is 0.142. The van der Waals surface area contributed by atoms with Crippen molar-refractivity contribution < 1.29 is 28.5 Å². The first-order valence-electron chi connectivity index (χ1n) is 14.2. The SMILES string of the molecule is CCOC(=O)COc1ccc(C2=NC(C)(C)Cc3cc(OC)c4c(c32)CC(C)(C)O4)cc1-c1ccc(NC(C)=O)cc1. The van der Waals surface area contributed by atoms with Crippen LogP contribution in [0.3, 0.4) is 0 Å². The quantitative estimate of drug-likeness (QED) is 0.327. The Bertz CT molecular complexity index is 1570. The van der Waals surface area contributed by atoms with E-state index in [0.29, 0.717) is 11.4 Å². The third-order valence-corrected chi connectivity index (χ3v) is 7.32. The van der Waals surface area contributed by atoms with Crippen molar-refractivity contribution in [2.75, 3.05) is 25.6 Å². The number of hydrogen-bond acceptors (Lipinski definition) is 7. The van der Waals surface area contributed by atoms with Gasteiger partial charge in [0.15, 0.2) is 18.1 Å². The molecule has 2 heterocycles. The van der Waals surface area contributed by atoms with Gasteiger partial charge in [0, 0.05) is 41.3 Å². The normalized spacial score (nSPS) is 15.9. The summed E-state index contributed by atoms with van der Waals surface area (Å²) in [6, 6.07) is 15.5. The lowest BCUT2D eigenvalue weighted by Crippen LogP contribution is -2.30. The van der Waals surface area contributed by atoms with E-state index < -0.39 is 5.97 Å². The third-order valence-electron chi connectivity index (χ3n) is 7.32. The second-order valence-electron chi connectivity index (χ2n) is 12.0. The number of methoxy groups -OCH3 is 1. The number of benzene rings is 3. The molecular weight excluding hydrogens is 532 g/mol. The van der Waals surface area contributed by atoms with E-state index in [9.17, 15) is 9.59 Å². The van der Waals surface area contributed by atoms with Crippen molar-refractivity contribution in [2.45, 2.75) is 65.5 Å². The Balaban J connectivity index is 1.64. The molecule has 8 heteroatoms. The highest BCUT2D eigenvalue weighted by Crippen LogP contribution is 2.48. The van der Waals surface area contributed by atoms with E-state index in [1.807, 2.05) is 36.4 Å². The second kappa shape index (κ2) is 11.2. The van der Waals surface area contributed by atoms with E-state index >= 15 is 0 Å². The highest BCUT2D eigenvalue weighted by atomic mass is 16.6. The number of fused-ring (bicyclic) bond motifs is 3. The lowest BCUT2D eigenvalue weighted by atomic mass is 9.80. The highest BCUT2D eigenvalue weighted by Gasteiger charge is 2.39. The predicted molar refractivity (Wildman–Crippen MR) is 163 cm³/mol. The second-order valence-corrected chi connectivity index (χ2v) is 12.0. The fraction of sp³-hybridized carbons (Fsp3) is 0.382. The number of nitrogens with one attached hydrogen (secondary N) is 1. The molecular formula is C34H38N2O6. The number of aliphatic imine (C=N–C) groups is 1. The summed E-state index contributed by atoms with van der Waals surface area (Å²) >= 11 is 0. The number of anilines is 1. The number of rotatable bonds is 8. The molecule has 0 saturated carbocycles. The standard InChI is InChI=1S/C34H38N2O6/c1-8-40-29(38)19-41-27-14-11-22(15-25(27)21-9-12-24(13-10-21)35-20(2)37)31-30-23(17-33(3,4)36-31)16-28(39-7)32-26(30)18-34(5,6)42-32/h9-16H,8,17-19H2,1-7H3,(H,35,37). The molecule has 5 rings (SSSR count). The number of carbonyl (C=O) groups excluding carboxylic acids is 2. The molecule has 0 saturated heterocycles. The Kier molecular flexibility index (Phi) is 7.75. The van der Waals surface area contributed by atoms with Crippen molar-refractivity contribution >= 4 is 23.3 Å². The first-order valence-corrected chi connectivity index (χ1v) is 14.2. The summed E-state index contributed by atoms with van der Waals surface area (Å²) in [5.74, 6) is 1.48. The molecule has 0 fully saturated rings. The van der Waals surface area contributed by atoms with Gasteiger partial charge in [0.25, 0.3) is 0 Å². The largest absolute Gasteiger partial charge is 0.493 e. The van der Waals surface area contributed by atoms with Gasteiger partial charge in [-0.1, -0.05) is 12.1 Å². The van der Waals surface area contributed by atoms with Crippen LogP contribution >= 0.6 is 0 Å². The molecule has 2 aliphatic heterocycles. The highest BCUT2D eigenvalue weighted by molar-refractivity contribution is 6.16. The average molecular weight is 571 g/mol. The molecule has 2 aliphatic rings. The van der Waals surface area contributed by atoms with Gasteiger partial charge in [-0.3, -0.25) is 9.79 Å². The lowest BCUT2D eigenvalue weighted by molar-refractivity contribution is -0.145. The van der Waals surface area contributed by atoms with Crippen LogP contribution < -0.4 is 19.5 Å². The molecule has 0 aliphatic carbocycles. The maximum Gasteiger partial charge on any atom is 0.344 e. The Morgan fingerprint density at radius 3 is 2.36 bits per heavy atom. The van der Waals surface area contributed by atoms with Crippen molar-refractivity contribution in [1.82, 2.24) is 0 Å². The number of ether oxygens (including phenoxy) is 4. The van der Waals surface area contributed by atoms with Gasteiger partial charge in [-0.15, -0.1) is 0 Å². The third kappa shape index (κ3) is 5.98. The zero-order valence-corrected chi connectivity index (χ0v) is 25.3. The van der Waals surface area contributed by atoms with E-state index in [1.54, 1.807) is 14.0 Å². The predicted octanol–water partition coefficient (Wildman–Crippen LogP) is 6.15. The molecule has 42 heavy (non-hydrogen) atoms. The van der Waals surface area contributed by atoms with Crippen LogP contribution in [0.4, 0.5) is 5.69 Å². The summed E-state index contributed by atoms with van der Waals surface area (Å²) in [5, 5.41) is 2.80. The molecule has 0 aromatic heterocycles. The van der Waals surface area contributed by atoms with E-state index in [1.165, 1.54) is 12.5 Å². The van der Waals surface area contributed by atoms with Crippen molar-refractivity contribution in [1.29, 1.82) is 0 Å². The Labute approximate surface area is 247 Å². The number of esters is 1. The van der Waals surface area contributed by atoms with E-state index in [-0.39, 0.29) is 30.3 Å². The van der Waals surface area contributed by atoms with E-state index in [0.717, 1.165) is 57.9 Å². The van der Waals surface area contributed by atoms with Crippen molar-refractivity contribution in [3.05, 3.63) is 70.8 Å². The van der Waals surface area contributed by atoms with E-state index in [2.05, 4.69) is 45.1 Å². The van der Waals surface area contributed by atoms with Gasteiger partial charge in [-0.05, 0) is 88.6 Å². The molecule has 0 bridgehead atoms. The Morgan fingerprint density at radius 1 is 0.976 bits per heavy atom. The first kappa shape index (κ1) is 29.2. The fourth-order valence-electron chi connectivity index (χ4n) is 5.73. The molecule has 3 aromatic rings. The van der Waals surface area contributed by atoms with Gasteiger partial charge >= 0.3 is 5.97 Å². The topological polar surface area (TPSA) is 95.5 Å². The molecule has 0 spiro atoms. The first-order chi connectivity index (χ1) is 19.9. The minimum atomic E-state index is -0.437.